The number of likely N-dealkylation sites (tertiary alicyclic amines) is 1. The van der Waals surface area contributed by atoms with Crippen molar-refractivity contribution in [3.63, 3.8) is 0 Å². The summed E-state index contributed by atoms with van der Waals surface area (Å²) in [4.78, 5) is 31.0. The zero-order chi connectivity index (χ0) is 15.2. The molecule has 2 rings (SSSR count). The molecule has 1 N–H and O–H groups in total. The first-order chi connectivity index (χ1) is 10.1. The van der Waals surface area contributed by atoms with Gasteiger partial charge in [-0.25, -0.2) is 9.78 Å². The number of thiazole rings is 1. The third-order valence-electron chi connectivity index (χ3n) is 3.77. The molecule has 1 aromatic heterocycles. The highest BCUT2D eigenvalue weighted by Gasteiger charge is 2.29. The Hall–Kier alpha value is -1.63. The number of hydrogen-bond acceptors (Lipinski definition) is 4. The predicted molar refractivity (Wildman–Crippen MR) is 80.2 cm³/mol. The highest BCUT2D eigenvalue weighted by Crippen LogP contribution is 2.22. The van der Waals surface area contributed by atoms with E-state index in [2.05, 4.69) is 4.98 Å². The van der Waals surface area contributed by atoms with Crippen LogP contribution in [0.4, 0.5) is 4.79 Å². The van der Waals surface area contributed by atoms with Crippen LogP contribution in [0.15, 0.2) is 10.9 Å². The first-order valence-electron chi connectivity index (χ1n) is 7.18. The van der Waals surface area contributed by atoms with Gasteiger partial charge < -0.3 is 14.9 Å². The number of nitrogens with zero attached hydrogens (tertiary/aromatic N) is 3. The van der Waals surface area contributed by atoms with Gasteiger partial charge in [-0.3, -0.25) is 4.79 Å². The molecule has 7 heteroatoms. The summed E-state index contributed by atoms with van der Waals surface area (Å²) in [5.41, 5.74) is 2.64. The van der Waals surface area contributed by atoms with Gasteiger partial charge in [0.05, 0.1) is 17.7 Å². The fourth-order valence-corrected chi connectivity index (χ4v) is 3.24. The number of carbonyl (C=O) groups excluding carboxylic acids is 1. The SMILES string of the molecule is CN(Cc1cscn1)C(=O)N1CCCCC1CCC(=O)O. The zero-order valence-corrected chi connectivity index (χ0v) is 13.0. The summed E-state index contributed by atoms with van der Waals surface area (Å²) >= 11 is 1.51. The molecule has 1 unspecified atom stereocenters. The molecule has 1 atom stereocenters. The third-order valence-corrected chi connectivity index (χ3v) is 4.41. The highest BCUT2D eigenvalue weighted by atomic mass is 32.1. The standard InChI is InChI=1S/C14H21N3O3S/c1-16(8-11-9-21-10-15-11)14(20)17-7-3-2-4-12(17)5-6-13(18)19/h9-10,12H,2-8H2,1H3,(H,18,19). The predicted octanol–water partition coefficient (Wildman–Crippen LogP) is 2.41. The minimum Gasteiger partial charge on any atom is -0.481 e. The molecule has 2 amide bonds. The molecule has 0 aliphatic carbocycles. The van der Waals surface area contributed by atoms with Gasteiger partial charge in [-0.1, -0.05) is 0 Å². The van der Waals surface area contributed by atoms with Crippen LogP contribution >= 0.6 is 11.3 Å². The van der Waals surface area contributed by atoms with E-state index in [0.29, 0.717) is 19.5 Å². The Morgan fingerprint density at radius 2 is 2.33 bits per heavy atom. The molecule has 1 aliphatic heterocycles. The maximum Gasteiger partial charge on any atom is 0.320 e. The Labute approximate surface area is 128 Å². The monoisotopic (exact) mass is 311 g/mol. The maximum atomic E-state index is 12.6. The van der Waals surface area contributed by atoms with Crippen LogP contribution in [0.25, 0.3) is 0 Å². The second kappa shape index (κ2) is 7.40. The molecule has 2 heterocycles. The van der Waals surface area contributed by atoms with Crippen molar-refractivity contribution in [2.75, 3.05) is 13.6 Å². The average molecular weight is 311 g/mol. The van der Waals surface area contributed by atoms with Gasteiger partial charge in [-0.05, 0) is 25.7 Å². The van der Waals surface area contributed by atoms with E-state index in [-0.39, 0.29) is 18.5 Å². The fraction of sp³-hybridized carbons (Fsp3) is 0.643. The number of carbonyl (C=O) groups is 2. The second-order valence-corrected chi connectivity index (χ2v) is 6.11. The Bertz CT molecular complexity index is 478. The minimum atomic E-state index is -0.802. The summed E-state index contributed by atoms with van der Waals surface area (Å²) in [6.07, 6.45) is 3.59. The Morgan fingerprint density at radius 3 is 3.00 bits per heavy atom. The molecule has 116 valence electrons. The third kappa shape index (κ3) is 4.42. The molecular formula is C14H21N3O3S. The minimum absolute atomic E-state index is 0.0295. The van der Waals surface area contributed by atoms with Crippen molar-refractivity contribution in [3.05, 3.63) is 16.6 Å². The molecule has 0 aromatic carbocycles. The van der Waals surface area contributed by atoms with Crippen LogP contribution < -0.4 is 0 Å². The molecule has 1 aliphatic rings. The lowest BCUT2D eigenvalue weighted by Crippen LogP contribution is -2.49. The summed E-state index contributed by atoms with van der Waals surface area (Å²) in [6, 6.07) is 0.0123. The van der Waals surface area contributed by atoms with Crippen LogP contribution in [0.2, 0.25) is 0 Å². The largest absolute Gasteiger partial charge is 0.481 e. The molecule has 0 radical (unpaired) electrons. The van der Waals surface area contributed by atoms with E-state index >= 15 is 0 Å². The molecule has 1 aromatic rings. The number of aliphatic carboxylic acids is 1. The van der Waals surface area contributed by atoms with Crippen LogP contribution in [0.5, 0.6) is 0 Å². The van der Waals surface area contributed by atoms with Gasteiger partial charge in [0.2, 0.25) is 0 Å². The summed E-state index contributed by atoms with van der Waals surface area (Å²) < 4.78 is 0. The Morgan fingerprint density at radius 1 is 1.52 bits per heavy atom. The van der Waals surface area contributed by atoms with Crippen LogP contribution in [0.1, 0.15) is 37.8 Å². The van der Waals surface area contributed by atoms with Gasteiger partial charge in [0, 0.05) is 31.4 Å². The number of amides is 2. The van der Waals surface area contributed by atoms with E-state index < -0.39 is 5.97 Å². The lowest BCUT2D eigenvalue weighted by atomic mass is 9.98. The van der Waals surface area contributed by atoms with Gasteiger partial charge in [-0.15, -0.1) is 11.3 Å². The van der Waals surface area contributed by atoms with Crippen LogP contribution in [0.3, 0.4) is 0 Å². The molecule has 0 saturated carbocycles. The summed E-state index contributed by atoms with van der Waals surface area (Å²) in [7, 11) is 1.77. The van der Waals surface area contributed by atoms with Crippen molar-refractivity contribution in [1.82, 2.24) is 14.8 Å². The van der Waals surface area contributed by atoms with Gasteiger partial charge in [0.1, 0.15) is 0 Å². The quantitative estimate of drug-likeness (QED) is 0.906. The van der Waals surface area contributed by atoms with Crippen molar-refractivity contribution in [2.45, 2.75) is 44.7 Å². The number of carboxylic acid groups (broad SMARTS) is 1. The van der Waals surface area contributed by atoms with E-state index in [0.717, 1.165) is 25.0 Å². The van der Waals surface area contributed by atoms with Gasteiger partial charge in [-0.2, -0.15) is 0 Å². The molecule has 6 nitrogen and oxygen atoms in total. The summed E-state index contributed by atoms with van der Waals surface area (Å²) in [5, 5.41) is 10.8. The van der Waals surface area contributed by atoms with Crippen molar-refractivity contribution < 1.29 is 14.7 Å². The van der Waals surface area contributed by atoms with Crippen LogP contribution in [-0.2, 0) is 11.3 Å². The molecule has 0 bridgehead atoms. The molecule has 21 heavy (non-hydrogen) atoms. The van der Waals surface area contributed by atoms with Gasteiger partial charge in [0.15, 0.2) is 0 Å². The lowest BCUT2D eigenvalue weighted by Gasteiger charge is -2.38. The number of aromatic nitrogens is 1. The topological polar surface area (TPSA) is 73.7 Å². The van der Waals surface area contributed by atoms with Crippen molar-refractivity contribution >= 4 is 23.3 Å². The second-order valence-electron chi connectivity index (χ2n) is 5.39. The average Bonchev–Trinajstić information content (AvgIpc) is 2.97. The molecule has 1 saturated heterocycles. The summed E-state index contributed by atoms with van der Waals surface area (Å²) in [5.74, 6) is -0.802. The number of piperidine rings is 1. The Kier molecular flexibility index (Phi) is 5.55. The van der Waals surface area contributed by atoms with Crippen LogP contribution in [-0.4, -0.2) is 51.5 Å². The number of rotatable bonds is 5. The van der Waals surface area contributed by atoms with Gasteiger partial charge in [0.25, 0.3) is 0 Å². The van der Waals surface area contributed by atoms with E-state index in [4.69, 9.17) is 5.11 Å². The molecular weight excluding hydrogens is 290 g/mol. The van der Waals surface area contributed by atoms with E-state index in [1.807, 2.05) is 10.3 Å². The van der Waals surface area contributed by atoms with E-state index in [1.54, 1.807) is 17.5 Å². The van der Waals surface area contributed by atoms with Gasteiger partial charge >= 0.3 is 12.0 Å². The van der Waals surface area contributed by atoms with Crippen molar-refractivity contribution in [2.24, 2.45) is 0 Å². The smallest absolute Gasteiger partial charge is 0.320 e. The zero-order valence-electron chi connectivity index (χ0n) is 12.2. The van der Waals surface area contributed by atoms with E-state index in [9.17, 15) is 9.59 Å². The Balaban J connectivity index is 1.95. The van der Waals surface area contributed by atoms with Crippen LogP contribution in [0, 0.1) is 0 Å². The number of carboxylic acids is 1. The fourth-order valence-electron chi connectivity index (χ4n) is 2.69. The van der Waals surface area contributed by atoms with Crippen molar-refractivity contribution in [3.8, 4) is 0 Å². The normalized spacial score (nSPS) is 18.5. The highest BCUT2D eigenvalue weighted by molar-refractivity contribution is 7.07. The number of urea groups is 1. The maximum absolute atomic E-state index is 12.6. The first kappa shape index (κ1) is 15.8. The van der Waals surface area contributed by atoms with E-state index in [1.165, 1.54) is 11.3 Å². The first-order valence-corrected chi connectivity index (χ1v) is 8.13. The molecule has 0 spiro atoms. The summed E-state index contributed by atoms with van der Waals surface area (Å²) in [6.45, 7) is 1.20. The number of hydrogen-bond donors (Lipinski definition) is 1. The lowest BCUT2D eigenvalue weighted by molar-refractivity contribution is -0.137. The molecule has 1 fully saturated rings. The van der Waals surface area contributed by atoms with Crippen molar-refractivity contribution in [1.29, 1.82) is 0 Å².